The molecule has 0 aromatic heterocycles. The van der Waals surface area contributed by atoms with Gasteiger partial charge in [0.15, 0.2) is 0 Å². The molecular formula is C13H20O5. The number of hydrogen-bond donors (Lipinski definition) is 0. The third-order valence-corrected chi connectivity index (χ3v) is 2.86. The topological polar surface area (TPSA) is 61.8 Å². The Hall–Kier alpha value is -1.52. The Kier molecular flexibility index (Phi) is 4.76. The van der Waals surface area contributed by atoms with E-state index in [9.17, 15) is 9.59 Å². The molecule has 0 spiro atoms. The lowest BCUT2D eigenvalue weighted by Crippen LogP contribution is -2.13. The number of esters is 2. The van der Waals surface area contributed by atoms with E-state index in [0.717, 1.165) is 12.7 Å². The predicted molar refractivity (Wildman–Crippen MR) is 64.3 cm³/mol. The summed E-state index contributed by atoms with van der Waals surface area (Å²) in [5.41, 5.74) is 0.000623. The average Bonchev–Trinajstić information content (AvgIpc) is 2.93. The van der Waals surface area contributed by atoms with Crippen molar-refractivity contribution in [2.45, 2.75) is 34.1 Å². The van der Waals surface area contributed by atoms with Crippen LogP contribution < -0.4 is 0 Å². The van der Waals surface area contributed by atoms with Crippen LogP contribution in [-0.2, 0) is 23.8 Å². The van der Waals surface area contributed by atoms with Crippen molar-refractivity contribution in [1.82, 2.24) is 0 Å². The molecule has 0 aromatic carbocycles. The molecule has 0 radical (unpaired) electrons. The van der Waals surface area contributed by atoms with Crippen LogP contribution in [0.5, 0.6) is 0 Å². The van der Waals surface area contributed by atoms with Gasteiger partial charge in [0, 0.05) is 0 Å². The van der Waals surface area contributed by atoms with Gasteiger partial charge in [0.05, 0.1) is 19.1 Å². The number of ether oxygens (including phenoxy) is 3. The average molecular weight is 256 g/mol. The van der Waals surface area contributed by atoms with E-state index in [2.05, 4.69) is 0 Å². The SMILES string of the molecule is CCOC(=O)C(=COC(=O)C1CC1(C)C)OCC. The van der Waals surface area contributed by atoms with Crippen LogP contribution in [0.15, 0.2) is 12.0 Å². The van der Waals surface area contributed by atoms with Crippen molar-refractivity contribution in [2.24, 2.45) is 11.3 Å². The van der Waals surface area contributed by atoms with Gasteiger partial charge in [0.1, 0.15) is 6.26 Å². The number of rotatable bonds is 6. The number of hydrogen-bond acceptors (Lipinski definition) is 5. The summed E-state index contributed by atoms with van der Waals surface area (Å²) in [6.45, 7) is 7.97. The molecule has 1 fully saturated rings. The summed E-state index contributed by atoms with van der Waals surface area (Å²) in [6, 6.07) is 0. The molecule has 18 heavy (non-hydrogen) atoms. The fourth-order valence-corrected chi connectivity index (χ4v) is 1.56. The molecule has 5 heteroatoms. The highest BCUT2D eigenvalue weighted by Gasteiger charge is 2.51. The normalized spacial score (nSPS) is 21.1. The fourth-order valence-electron chi connectivity index (χ4n) is 1.56. The molecule has 1 aliphatic rings. The van der Waals surface area contributed by atoms with E-state index >= 15 is 0 Å². The van der Waals surface area contributed by atoms with E-state index in [-0.39, 0.29) is 29.7 Å². The molecule has 0 aromatic rings. The van der Waals surface area contributed by atoms with Crippen molar-refractivity contribution in [3.8, 4) is 0 Å². The Balaban J connectivity index is 2.55. The van der Waals surface area contributed by atoms with Crippen molar-refractivity contribution in [1.29, 1.82) is 0 Å². The standard InChI is InChI=1S/C13H20O5/c1-5-16-10(12(15)17-6-2)8-18-11(14)9-7-13(9,3)4/h8-9H,5-7H2,1-4H3. The minimum absolute atomic E-state index is 0.000623. The molecular weight excluding hydrogens is 236 g/mol. The number of carbonyl (C=O) groups is 2. The summed E-state index contributed by atoms with van der Waals surface area (Å²) in [5.74, 6) is -1.13. The van der Waals surface area contributed by atoms with Gasteiger partial charge in [-0.15, -0.1) is 0 Å². The monoisotopic (exact) mass is 256 g/mol. The molecule has 1 atom stereocenters. The first-order valence-corrected chi connectivity index (χ1v) is 6.13. The molecule has 1 saturated carbocycles. The first-order valence-electron chi connectivity index (χ1n) is 6.13. The molecule has 1 unspecified atom stereocenters. The second-order valence-electron chi connectivity index (χ2n) is 4.82. The van der Waals surface area contributed by atoms with Crippen LogP contribution in [0.4, 0.5) is 0 Å². The van der Waals surface area contributed by atoms with E-state index in [1.54, 1.807) is 13.8 Å². The summed E-state index contributed by atoms with van der Waals surface area (Å²) in [4.78, 5) is 23.1. The van der Waals surface area contributed by atoms with Gasteiger partial charge < -0.3 is 14.2 Å². The van der Waals surface area contributed by atoms with Crippen LogP contribution in [0, 0.1) is 11.3 Å². The van der Waals surface area contributed by atoms with Crippen LogP contribution in [0.2, 0.25) is 0 Å². The highest BCUT2D eigenvalue weighted by Crippen LogP contribution is 2.52. The minimum Gasteiger partial charge on any atom is -0.485 e. The third-order valence-electron chi connectivity index (χ3n) is 2.86. The fraction of sp³-hybridized carbons (Fsp3) is 0.692. The summed E-state index contributed by atoms with van der Waals surface area (Å²) in [6.07, 6.45) is 1.85. The molecule has 5 nitrogen and oxygen atoms in total. The van der Waals surface area contributed by atoms with Crippen molar-refractivity contribution >= 4 is 11.9 Å². The largest absolute Gasteiger partial charge is 0.485 e. The van der Waals surface area contributed by atoms with Crippen molar-refractivity contribution in [2.75, 3.05) is 13.2 Å². The molecule has 0 N–H and O–H groups in total. The lowest BCUT2D eigenvalue weighted by atomic mass is 10.1. The van der Waals surface area contributed by atoms with E-state index in [4.69, 9.17) is 14.2 Å². The maximum Gasteiger partial charge on any atom is 0.376 e. The summed E-state index contributed by atoms with van der Waals surface area (Å²) in [7, 11) is 0. The molecule has 1 aliphatic carbocycles. The van der Waals surface area contributed by atoms with Gasteiger partial charge in [-0.05, 0) is 25.7 Å². The van der Waals surface area contributed by atoms with Crippen LogP contribution in [0.25, 0.3) is 0 Å². The van der Waals surface area contributed by atoms with E-state index < -0.39 is 5.97 Å². The zero-order valence-electron chi connectivity index (χ0n) is 11.3. The zero-order chi connectivity index (χ0) is 13.8. The maximum absolute atomic E-state index is 11.6. The molecule has 102 valence electrons. The molecule has 0 saturated heterocycles. The van der Waals surface area contributed by atoms with Gasteiger partial charge in [-0.25, -0.2) is 4.79 Å². The quantitative estimate of drug-likeness (QED) is 0.413. The van der Waals surface area contributed by atoms with Crippen LogP contribution >= 0.6 is 0 Å². The Labute approximate surface area is 107 Å². The van der Waals surface area contributed by atoms with Gasteiger partial charge in [-0.2, -0.15) is 0 Å². The third kappa shape index (κ3) is 3.75. The molecule has 0 amide bonds. The molecule has 0 bridgehead atoms. The Morgan fingerprint density at radius 3 is 2.22 bits per heavy atom. The smallest absolute Gasteiger partial charge is 0.376 e. The first kappa shape index (κ1) is 14.5. The van der Waals surface area contributed by atoms with E-state index in [1.165, 1.54) is 0 Å². The van der Waals surface area contributed by atoms with Gasteiger partial charge in [0.25, 0.3) is 0 Å². The van der Waals surface area contributed by atoms with Crippen molar-refractivity contribution in [3.63, 3.8) is 0 Å². The second kappa shape index (κ2) is 5.89. The Bertz CT molecular complexity index is 356. The lowest BCUT2D eigenvalue weighted by molar-refractivity contribution is -0.144. The van der Waals surface area contributed by atoms with E-state index in [0.29, 0.717) is 6.61 Å². The van der Waals surface area contributed by atoms with Gasteiger partial charge >= 0.3 is 11.9 Å². The first-order chi connectivity index (χ1) is 8.42. The summed E-state index contributed by atoms with van der Waals surface area (Å²) in [5, 5.41) is 0. The van der Waals surface area contributed by atoms with Gasteiger partial charge in [-0.3, -0.25) is 4.79 Å². The van der Waals surface area contributed by atoms with Crippen molar-refractivity contribution < 1.29 is 23.8 Å². The van der Waals surface area contributed by atoms with Crippen LogP contribution in [0.3, 0.4) is 0 Å². The highest BCUT2D eigenvalue weighted by molar-refractivity contribution is 5.86. The molecule has 0 heterocycles. The van der Waals surface area contributed by atoms with Gasteiger partial charge in [0.2, 0.25) is 5.76 Å². The van der Waals surface area contributed by atoms with Gasteiger partial charge in [-0.1, -0.05) is 13.8 Å². The Morgan fingerprint density at radius 2 is 1.78 bits per heavy atom. The van der Waals surface area contributed by atoms with E-state index in [1.807, 2.05) is 13.8 Å². The number of carbonyl (C=O) groups excluding carboxylic acids is 2. The lowest BCUT2D eigenvalue weighted by Gasteiger charge is -2.07. The summed E-state index contributed by atoms with van der Waals surface area (Å²) < 4.78 is 14.8. The zero-order valence-corrected chi connectivity index (χ0v) is 11.3. The predicted octanol–water partition coefficient (Wildman–Crippen LogP) is 2.02. The van der Waals surface area contributed by atoms with Crippen molar-refractivity contribution in [3.05, 3.63) is 12.0 Å². The molecule has 0 aliphatic heterocycles. The summed E-state index contributed by atoms with van der Waals surface area (Å²) >= 11 is 0. The maximum atomic E-state index is 11.6. The highest BCUT2D eigenvalue weighted by atomic mass is 16.6. The van der Waals surface area contributed by atoms with Crippen LogP contribution in [0.1, 0.15) is 34.1 Å². The minimum atomic E-state index is -0.623. The molecule has 1 rings (SSSR count). The second-order valence-corrected chi connectivity index (χ2v) is 4.82. The van der Waals surface area contributed by atoms with Crippen LogP contribution in [-0.4, -0.2) is 25.2 Å². The Morgan fingerprint density at radius 1 is 1.22 bits per heavy atom.